The molecule has 0 aromatic heterocycles. The second-order valence-electron chi connectivity index (χ2n) is 14.9. The molecule has 10 heteroatoms. The molecule has 0 heterocycles. The van der Waals surface area contributed by atoms with Crippen LogP contribution in [0, 0.1) is 0 Å². The molecule has 3 unspecified atom stereocenters. The van der Waals surface area contributed by atoms with Crippen LogP contribution in [0.1, 0.15) is 142 Å². The normalized spacial score (nSPS) is 15.1. The van der Waals surface area contributed by atoms with Gasteiger partial charge in [-0.3, -0.25) is 9.36 Å². The maximum absolute atomic E-state index is 12.6. The highest BCUT2D eigenvalue weighted by molar-refractivity contribution is 7.45. The molecule has 0 saturated heterocycles. The first-order valence-corrected chi connectivity index (χ1v) is 22.3. The lowest BCUT2D eigenvalue weighted by Crippen LogP contribution is -2.37. The number of carbonyl (C=O) groups is 1. The van der Waals surface area contributed by atoms with Gasteiger partial charge >= 0.3 is 5.97 Å². The molecule has 0 rings (SSSR count). The molecule has 0 aromatic carbocycles. The molecule has 3 atom stereocenters. The predicted molar refractivity (Wildman–Crippen MR) is 223 cm³/mol. The molecule has 0 radical (unpaired) electrons. The smallest absolute Gasteiger partial charge is 0.306 e. The highest BCUT2D eigenvalue weighted by Gasteiger charge is 2.20. The molecule has 54 heavy (non-hydrogen) atoms. The molecule has 312 valence electrons. The molecule has 0 spiro atoms. The van der Waals surface area contributed by atoms with Crippen LogP contribution in [-0.4, -0.2) is 75.3 Å². The van der Waals surface area contributed by atoms with Crippen LogP contribution in [0.4, 0.5) is 0 Å². The zero-order valence-corrected chi connectivity index (χ0v) is 35.6. The number of aliphatic hydroxyl groups excluding tert-OH is 1. The number of rotatable bonds is 37. The standard InChI is InChI=1S/C44H78NO8P/c1-6-8-9-10-11-12-13-14-19-22-25-28-31-34-38-50-40-43(41-52-54(48,49)51-39-37-45(3,4)5)53-44(47)36-33-30-27-24-21-18-16-15-17-20-23-26-29-32-35-42(46)7-2/h16-18,20,24,26-27,29,32,34-35,38,42-43,46H,6-15,19,21-23,25,28,30-31,33,36-37,39-41H2,1-5H3/b18-16-,20-17-,27-24-,29-26-,35-32+,38-34-. The number of unbranched alkanes of at least 4 members (excludes halogenated alkanes) is 13. The molecule has 0 aromatic rings. The van der Waals surface area contributed by atoms with Crippen LogP contribution in [0.2, 0.25) is 0 Å². The lowest BCUT2D eigenvalue weighted by atomic mass is 10.0. The minimum absolute atomic E-state index is 0.00366. The van der Waals surface area contributed by atoms with Gasteiger partial charge in [0.1, 0.15) is 19.8 Å². The van der Waals surface area contributed by atoms with E-state index in [2.05, 4.69) is 37.3 Å². The first-order chi connectivity index (χ1) is 26.0. The van der Waals surface area contributed by atoms with Crippen molar-refractivity contribution in [2.75, 3.05) is 47.5 Å². The Morgan fingerprint density at radius 2 is 1.26 bits per heavy atom. The largest absolute Gasteiger partial charge is 0.756 e. The highest BCUT2D eigenvalue weighted by atomic mass is 31.2. The summed E-state index contributed by atoms with van der Waals surface area (Å²) in [6.45, 7) is 4.30. The number of aliphatic hydroxyl groups is 1. The summed E-state index contributed by atoms with van der Waals surface area (Å²) in [4.78, 5) is 25.0. The number of hydrogen-bond donors (Lipinski definition) is 1. The van der Waals surface area contributed by atoms with E-state index in [1.54, 1.807) is 12.3 Å². The second kappa shape index (κ2) is 36.4. The van der Waals surface area contributed by atoms with Gasteiger partial charge in [0.15, 0.2) is 6.10 Å². The van der Waals surface area contributed by atoms with E-state index in [4.69, 9.17) is 18.5 Å². The Morgan fingerprint density at radius 1 is 0.704 bits per heavy atom. The number of allylic oxidation sites excluding steroid dienone is 10. The second-order valence-corrected chi connectivity index (χ2v) is 16.3. The van der Waals surface area contributed by atoms with Crippen molar-refractivity contribution in [2.24, 2.45) is 0 Å². The fourth-order valence-electron chi connectivity index (χ4n) is 5.09. The van der Waals surface area contributed by atoms with Gasteiger partial charge in [-0.15, -0.1) is 0 Å². The van der Waals surface area contributed by atoms with Gasteiger partial charge in [-0.25, -0.2) is 0 Å². The zero-order chi connectivity index (χ0) is 40.0. The van der Waals surface area contributed by atoms with Crippen molar-refractivity contribution in [3.8, 4) is 0 Å². The maximum Gasteiger partial charge on any atom is 0.306 e. The van der Waals surface area contributed by atoms with Gasteiger partial charge in [0.2, 0.25) is 0 Å². The van der Waals surface area contributed by atoms with E-state index in [0.717, 1.165) is 44.9 Å². The van der Waals surface area contributed by atoms with Crippen molar-refractivity contribution in [3.05, 3.63) is 73.1 Å². The van der Waals surface area contributed by atoms with Crippen molar-refractivity contribution in [3.63, 3.8) is 0 Å². The minimum Gasteiger partial charge on any atom is -0.756 e. The van der Waals surface area contributed by atoms with Gasteiger partial charge in [-0.05, 0) is 57.4 Å². The van der Waals surface area contributed by atoms with Crippen LogP contribution in [0.25, 0.3) is 0 Å². The molecule has 0 aliphatic carbocycles. The Bertz CT molecular complexity index is 1110. The summed E-state index contributed by atoms with van der Waals surface area (Å²) in [6.07, 6.45) is 43.9. The van der Waals surface area contributed by atoms with Crippen molar-refractivity contribution in [2.45, 2.75) is 154 Å². The van der Waals surface area contributed by atoms with Crippen molar-refractivity contribution < 1.29 is 42.4 Å². The van der Waals surface area contributed by atoms with Crippen LogP contribution in [-0.2, 0) is 27.9 Å². The van der Waals surface area contributed by atoms with Crippen molar-refractivity contribution >= 4 is 13.8 Å². The third kappa shape index (κ3) is 39.4. The van der Waals surface area contributed by atoms with Gasteiger partial charge in [0.05, 0.1) is 40.1 Å². The Morgan fingerprint density at radius 3 is 1.85 bits per heavy atom. The number of esters is 1. The average Bonchev–Trinajstić information content (AvgIpc) is 3.12. The fourth-order valence-corrected chi connectivity index (χ4v) is 5.81. The lowest BCUT2D eigenvalue weighted by molar-refractivity contribution is -0.870. The molecule has 0 aliphatic heterocycles. The predicted octanol–water partition coefficient (Wildman–Crippen LogP) is 10.6. The van der Waals surface area contributed by atoms with Gasteiger partial charge in [-0.1, -0.05) is 145 Å². The Balaban J connectivity index is 4.46. The monoisotopic (exact) mass is 780 g/mol. The number of phosphoric ester groups is 1. The SMILES string of the molecule is CCCCCCCCCCCCCC/C=C\OCC(COP(=O)([O-])OCC[N+](C)(C)C)OC(=O)CCC/C=C\C/C=C\C/C=C\C/C=C\C=C\C(O)CC. The van der Waals surface area contributed by atoms with Crippen molar-refractivity contribution in [1.29, 1.82) is 0 Å². The highest BCUT2D eigenvalue weighted by Crippen LogP contribution is 2.38. The summed E-state index contributed by atoms with van der Waals surface area (Å²) in [6, 6.07) is 0. The van der Waals surface area contributed by atoms with E-state index >= 15 is 0 Å². The third-order valence-electron chi connectivity index (χ3n) is 8.49. The third-order valence-corrected chi connectivity index (χ3v) is 9.46. The van der Waals surface area contributed by atoms with E-state index in [9.17, 15) is 19.4 Å². The number of ether oxygens (including phenoxy) is 2. The van der Waals surface area contributed by atoms with Gasteiger partial charge in [0.25, 0.3) is 7.82 Å². The summed E-state index contributed by atoms with van der Waals surface area (Å²) in [5.74, 6) is -0.427. The number of quaternary nitrogens is 1. The topological polar surface area (TPSA) is 114 Å². The van der Waals surface area contributed by atoms with E-state index in [-0.39, 0.29) is 32.3 Å². The summed E-state index contributed by atoms with van der Waals surface area (Å²) in [5, 5.41) is 9.48. The van der Waals surface area contributed by atoms with Crippen molar-refractivity contribution in [1.82, 2.24) is 0 Å². The molecule has 1 N–H and O–H groups in total. The molecule has 0 aliphatic rings. The quantitative estimate of drug-likeness (QED) is 0.0126. The molecule has 0 amide bonds. The summed E-state index contributed by atoms with van der Waals surface area (Å²) >= 11 is 0. The zero-order valence-electron chi connectivity index (χ0n) is 34.8. The number of carbonyl (C=O) groups excluding carboxylic acids is 1. The van der Waals surface area contributed by atoms with E-state index in [1.165, 1.54) is 70.6 Å². The van der Waals surface area contributed by atoms with Crippen LogP contribution >= 0.6 is 7.82 Å². The number of phosphoric acid groups is 1. The van der Waals surface area contributed by atoms with E-state index in [0.29, 0.717) is 17.4 Å². The lowest BCUT2D eigenvalue weighted by Gasteiger charge is -2.28. The molecule has 9 nitrogen and oxygen atoms in total. The molecule has 0 bridgehead atoms. The Hall–Kier alpha value is -2.26. The average molecular weight is 780 g/mol. The number of nitrogens with zero attached hydrogens (tertiary/aromatic N) is 1. The molecule has 0 fully saturated rings. The minimum atomic E-state index is -4.56. The van der Waals surface area contributed by atoms with Gasteiger partial charge in [0, 0.05) is 6.42 Å². The van der Waals surface area contributed by atoms with Crippen LogP contribution in [0.15, 0.2) is 73.1 Å². The summed E-state index contributed by atoms with van der Waals surface area (Å²) in [7, 11) is 1.25. The van der Waals surface area contributed by atoms with Crippen LogP contribution < -0.4 is 4.89 Å². The van der Waals surface area contributed by atoms with E-state index < -0.39 is 19.9 Å². The first kappa shape index (κ1) is 51.7. The van der Waals surface area contributed by atoms with Gasteiger partial charge in [-0.2, -0.15) is 0 Å². The summed E-state index contributed by atoms with van der Waals surface area (Å²) < 4.78 is 34.2. The number of hydrogen-bond acceptors (Lipinski definition) is 8. The first-order valence-electron chi connectivity index (χ1n) is 20.8. The molecular formula is C44H78NO8P. The van der Waals surface area contributed by atoms with Crippen LogP contribution in [0.5, 0.6) is 0 Å². The Kier molecular flexibility index (Phi) is 34.9. The van der Waals surface area contributed by atoms with E-state index in [1.807, 2.05) is 58.4 Å². The van der Waals surface area contributed by atoms with Gasteiger partial charge < -0.3 is 33.0 Å². The Labute approximate surface area is 330 Å². The fraction of sp³-hybridized carbons (Fsp3) is 0.705. The number of likely N-dealkylation sites (N-methyl/N-ethyl adjacent to an activating group) is 1. The van der Waals surface area contributed by atoms with Crippen LogP contribution in [0.3, 0.4) is 0 Å². The summed E-state index contributed by atoms with van der Waals surface area (Å²) in [5.41, 5.74) is 0. The molecular weight excluding hydrogens is 701 g/mol. The molecule has 0 saturated carbocycles. The maximum atomic E-state index is 12.6.